The molecular formula is C20H23ClN4O2. The van der Waals surface area contributed by atoms with Crippen LogP contribution in [0.3, 0.4) is 0 Å². The van der Waals surface area contributed by atoms with Crippen molar-refractivity contribution in [3.05, 3.63) is 59.0 Å². The average Bonchev–Trinajstić information content (AvgIpc) is 3.08. The van der Waals surface area contributed by atoms with Gasteiger partial charge in [-0.25, -0.2) is 9.78 Å². The summed E-state index contributed by atoms with van der Waals surface area (Å²) in [5, 5.41) is 4.20. The van der Waals surface area contributed by atoms with Gasteiger partial charge in [0.15, 0.2) is 0 Å². The minimum Gasteiger partial charge on any atom is -0.463 e. The summed E-state index contributed by atoms with van der Waals surface area (Å²) in [5.41, 5.74) is 1.84. The summed E-state index contributed by atoms with van der Waals surface area (Å²) in [6.45, 7) is 4.98. The highest BCUT2D eigenvalue weighted by atomic mass is 35.5. The Kier molecular flexibility index (Phi) is 6.79. The van der Waals surface area contributed by atoms with E-state index in [4.69, 9.17) is 16.3 Å². The molecule has 0 spiro atoms. The minimum absolute atomic E-state index is 0.333. The molecule has 3 rings (SSSR count). The third-order valence-corrected chi connectivity index (χ3v) is 4.50. The number of carbonyl (C=O) groups excluding carboxylic acids is 1. The van der Waals surface area contributed by atoms with Gasteiger partial charge < -0.3 is 10.1 Å². The average molecular weight is 387 g/mol. The first-order valence-electron chi connectivity index (χ1n) is 9.02. The molecule has 142 valence electrons. The number of carbonyl (C=O) groups is 1. The van der Waals surface area contributed by atoms with Crippen LogP contribution in [0.15, 0.2) is 42.7 Å². The lowest BCUT2D eigenvalue weighted by Crippen LogP contribution is -2.26. The Morgan fingerprint density at radius 3 is 3.04 bits per heavy atom. The van der Waals surface area contributed by atoms with Crippen molar-refractivity contribution in [1.82, 2.24) is 14.9 Å². The number of nitrogens with zero attached hydrogens (tertiary/aromatic N) is 3. The Bertz CT molecular complexity index is 795. The fourth-order valence-electron chi connectivity index (χ4n) is 3.04. The van der Waals surface area contributed by atoms with Crippen LogP contribution in [-0.4, -0.2) is 46.6 Å². The molecule has 0 bridgehead atoms. The van der Waals surface area contributed by atoms with Crippen molar-refractivity contribution in [3.63, 3.8) is 0 Å². The molecule has 6 nitrogen and oxygen atoms in total. The molecule has 1 saturated heterocycles. The first kappa shape index (κ1) is 19.3. The molecule has 1 aromatic heterocycles. The molecule has 7 heteroatoms. The largest absolute Gasteiger partial charge is 0.463 e. The molecule has 1 aliphatic heterocycles. The van der Waals surface area contributed by atoms with E-state index in [9.17, 15) is 4.79 Å². The summed E-state index contributed by atoms with van der Waals surface area (Å²) in [6.07, 6.45) is 7.32. The van der Waals surface area contributed by atoms with E-state index in [0.29, 0.717) is 18.3 Å². The maximum absolute atomic E-state index is 11.3. The quantitative estimate of drug-likeness (QED) is 0.581. The number of ether oxygens (including phenoxy) is 1. The molecule has 1 fully saturated rings. The molecule has 0 unspecified atom stereocenters. The molecule has 0 radical (unpaired) electrons. The molecule has 1 aromatic carbocycles. The zero-order chi connectivity index (χ0) is 19.1. The van der Waals surface area contributed by atoms with E-state index < -0.39 is 0 Å². The Morgan fingerprint density at radius 1 is 1.41 bits per heavy atom. The van der Waals surface area contributed by atoms with Gasteiger partial charge in [-0.3, -0.25) is 9.88 Å². The molecule has 1 atom stereocenters. The highest BCUT2D eigenvalue weighted by Gasteiger charge is 2.22. The fraction of sp³-hybridized carbons (Fsp3) is 0.350. The maximum Gasteiger partial charge on any atom is 0.330 e. The summed E-state index contributed by atoms with van der Waals surface area (Å²) in [7, 11) is 0. The molecule has 2 heterocycles. The van der Waals surface area contributed by atoms with Gasteiger partial charge in [-0.1, -0.05) is 23.7 Å². The van der Waals surface area contributed by atoms with Gasteiger partial charge in [0.2, 0.25) is 0 Å². The summed E-state index contributed by atoms with van der Waals surface area (Å²) in [4.78, 5) is 22.4. The summed E-state index contributed by atoms with van der Waals surface area (Å²) >= 11 is 6.06. The van der Waals surface area contributed by atoms with Crippen molar-refractivity contribution in [3.8, 4) is 0 Å². The molecule has 27 heavy (non-hydrogen) atoms. The van der Waals surface area contributed by atoms with Crippen molar-refractivity contribution >= 4 is 29.5 Å². The van der Waals surface area contributed by atoms with Gasteiger partial charge in [0, 0.05) is 36.8 Å². The highest BCUT2D eigenvalue weighted by Crippen LogP contribution is 2.18. The topological polar surface area (TPSA) is 67.3 Å². The van der Waals surface area contributed by atoms with Crippen molar-refractivity contribution in [2.45, 2.75) is 25.9 Å². The van der Waals surface area contributed by atoms with Crippen LogP contribution in [0.5, 0.6) is 0 Å². The predicted octanol–water partition coefficient (Wildman–Crippen LogP) is 3.39. The van der Waals surface area contributed by atoms with E-state index in [2.05, 4.69) is 26.3 Å². The molecule has 1 N–H and O–H groups in total. The number of esters is 1. The maximum atomic E-state index is 11.3. The minimum atomic E-state index is -0.382. The van der Waals surface area contributed by atoms with Crippen LogP contribution >= 0.6 is 11.6 Å². The lowest BCUT2D eigenvalue weighted by Gasteiger charge is -2.17. The molecular weight excluding hydrogens is 364 g/mol. The van der Waals surface area contributed by atoms with E-state index in [1.165, 1.54) is 11.6 Å². The number of benzene rings is 1. The monoisotopic (exact) mass is 386 g/mol. The second-order valence-electron chi connectivity index (χ2n) is 6.41. The molecule has 0 saturated carbocycles. The number of nitrogens with one attached hydrogen (secondary N) is 1. The van der Waals surface area contributed by atoms with Crippen LogP contribution in [0.4, 0.5) is 5.82 Å². The summed E-state index contributed by atoms with van der Waals surface area (Å²) in [6, 6.07) is 8.32. The third-order valence-electron chi connectivity index (χ3n) is 4.27. The van der Waals surface area contributed by atoms with Crippen molar-refractivity contribution < 1.29 is 9.53 Å². The second kappa shape index (κ2) is 9.48. The molecule has 2 aromatic rings. The zero-order valence-corrected chi connectivity index (χ0v) is 16.0. The van der Waals surface area contributed by atoms with Crippen LogP contribution in [0, 0.1) is 0 Å². The van der Waals surface area contributed by atoms with Crippen LogP contribution in [0.25, 0.3) is 6.08 Å². The molecule has 0 aliphatic carbocycles. The predicted molar refractivity (Wildman–Crippen MR) is 106 cm³/mol. The normalized spacial score (nSPS) is 17.3. The molecule has 1 aliphatic rings. The van der Waals surface area contributed by atoms with Gasteiger partial charge in [-0.05, 0) is 37.1 Å². The Labute approximate surface area is 164 Å². The molecule has 0 amide bonds. The van der Waals surface area contributed by atoms with Crippen LogP contribution in [-0.2, 0) is 16.1 Å². The lowest BCUT2D eigenvalue weighted by molar-refractivity contribution is -0.137. The standard InChI is InChI=1S/C20H23ClN4O2/c1-2-27-20(26)7-6-17-11-23-19(12-22-17)24-18-8-9-25(14-18)13-15-4-3-5-16(21)10-15/h3-7,10-12,18H,2,8-9,13-14H2,1H3,(H,23,24)/t18-/m1/s1. The van der Waals surface area contributed by atoms with Gasteiger partial charge in [0.05, 0.1) is 24.7 Å². The van der Waals surface area contributed by atoms with E-state index >= 15 is 0 Å². The van der Waals surface area contributed by atoms with Gasteiger partial charge in [-0.15, -0.1) is 0 Å². The Morgan fingerprint density at radius 2 is 2.30 bits per heavy atom. The van der Waals surface area contributed by atoms with Gasteiger partial charge >= 0.3 is 5.97 Å². The summed E-state index contributed by atoms with van der Waals surface area (Å²) in [5.74, 6) is 0.352. The van der Waals surface area contributed by atoms with E-state index in [1.54, 1.807) is 25.4 Å². The number of likely N-dealkylation sites (tertiary alicyclic amines) is 1. The van der Waals surface area contributed by atoms with Crippen LogP contribution in [0.2, 0.25) is 5.02 Å². The first-order valence-corrected chi connectivity index (χ1v) is 9.40. The smallest absolute Gasteiger partial charge is 0.330 e. The number of rotatable bonds is 7. The van der Waals surface area contributed by atoms with E-state index in [1.807, 2.05) is 18.2 Å². The highest BCUT2D eigenvalue weighted by molar-refractivity contribution is 6.30. The van der Waals surface area contributed by atoms with E-state index in [0.717, 1.165) is 36.9 Å². The van der Waals surface area contributed by atoms with Crippen molar-refractivity contribution in [1.29, 1.82) is 0 Å². The number of halogens is 1. The third kappa shape index (κ3) is 6.05. The van der Waals surface area contributed by atoms with Gasteiger partial charge in [0.25, 0.3) is 0 Å². The number of aromatic nitrogens is 2. The van der Waals surface area contributed by atoms with E-state index in [-0.39, 0.29) is 5.97 Å². The van der Waals surface area contributed by atoms with Crippen LogP contribution < -0.4 is 5.32 Å². The van der Waals surface area contributed by atoms with Gasteiger partial charge in [-0.2, -0.15) is 0 Å². The lowest BCUT2D eigenvalue weighted by atomic mass is 10.2. The fourth-order valence-corrected chi connectivity index (χ4v) is 3.25. The first-order chi connectivity index (χ1) is 13.1. The summed E-state index contributed by atoms with van der Waals surface area (Å²) < 4.78 is 4.84. The van der Waals surface area contributed by atoms with Gasteiger partial charge in [0.1, 0.15) is 5.82 Å². The van der Waals surface area contributed by atoms with Crippen molar-refractivity contribution in [2.24, 2.45) is 0 Å². The number of anilines is 1. The Balaban J connectivity index is 1.49. The SMILES string of the molecule is CCOC(=O)C=Cc1cnc(N[C@@H]2CCN(Cc3cccc(Cl)c3)C2)cn1. The number of hydrogen-bond donors (Lipinski definition) is 1. The second-order valence-corrected chi connectivity index (χ2v) is 6.84. The zero-order valence-electron chi connectivity index (χ0n) is 15.3. The van der Waals surface area contributed by atoms with Crippen LogP contribution in [0.1, 0.15) is 24.6 Å². The Hall–Kier alpha value is -2.44. The van der Waals surface area contributed by atoms with Crippen molar-refractivity contribution in [2.75, 3.05) is 25.0 Å². The number of hydrogen-bond acceptors (Lipinski definition) is 6.